The Labute approximate surface area is 226 Å². The maximum atomic E-state index is 13.3. The van der Waals surface area contributed by atoms with Crippen LogP contribution in [0, 0.1) is 16.2 Å². The molecule has 0 aromatic heterocycles. The zero-order valence-electron chi connectivity index (χ0n) is 25.8. The number of rotatable bonds is 14. The molecule has 1 N–H and O–H groups in total. The van der Waals surface area contributed by atoms with Crippen molar-refractivity contribution in [3.8, 4) is 0 Å². The summed E-state index contributed by atoms with van der Waals surface area (Å²) in [5, 5.41) is 11.4. The molecular weight excluding hydrogens is 472 g/mol. The molecule has 3 unspecified atom stereocenters. The Hall–Kier alpha value is -1.63. The molecule has 0 radical (unpaired) electrons. The topological polar surface area (TPSA) is 99.1 Å². The molecule has 0 rings (SSSR count). The summed E-state index contributed by atoms with van der Waals surface area (Å²) in [5.74, 6) is -2.48. The van der Waals surface area contributed by atoms with Gasteiger partial charge < -0.3 is 19.3 Å². The Morgan fingerprint density at radius 1 is 0.568 bits per heavy atom. The Balaban J connectivity index is 5.80. The highest BCUT2D eigenvalue weighted by Crippen LogP contribution is 2.30. The minimum absolute atomic E-state index is 0.0660. The van der Waals surface area contributed by atoms with E-state index in [1.54, 1.807) is 0 Å². The second-order valence-electron chi connectivity index (χ2n) is 14.2. The van der Waals surface area contributed by atoms with Gasteiger partial charge in [-0.3, -0.25) is 9.59 Å². The van der Waals surface area contributed by atoms with Crippen molar-refractivity contribution in [2.24, 2.45) is 16.2 Å². The minimum atomic E-state index is -2.38. The second-order valence-corrected chi connectivity index (χ2v) is 14.2. The van der Waals surface area contributed by atoms with Crippen molar-refractivity contribution in [3.05, 3.63) is 0 Å². The quantitative estimate of drug-likeness (QED) is 0.196. The van der Waals surface area contributed by atoms with Crippen molar-refractivity contribution < 1.29 is 33.7 Å². The summed E-state index contributed by atoms with van der Waals surface area (Å²) in [6.45, 7) is 24.1. The first-order chi connectivity index (χ1) is 16.6. The van der Waals surface area contributed by atoms with Gasteiger partial charge >= 0.3 is 17.9 Å². The molecule has 0 aliphatic carbocycles. The van der Waals surface area contributed by atoms with Crippen LogP contribution in [0.4, 0.5) is 0 Å². The second kappa shape index (κ2) is 14.5. The summed E-state index contributed by atoms with van der Waals surface area (Å²) >= 11 is 0. The number of hydrogen-bond acceptors (Lipinski definition) is 7. The number of ether oxygens (including phenoxy) is 3. The van der Waals surface area contributed by atoms with Gasteiger partial charge in [-0.2, -0.15) is 0 Å². The molecule has 218 valence electrons. The first-order valence-electron chi connectivity index (χ1n) is 14.0. The summed E-state index contributed by atoms with van der Waals surface area (Å²) in [7, 11) is 0. The third-order valence-corrected chi connectivity index (χ3v) is 6.01. The predicted octanol–water partition coefficient (Wildman–Crippen LogP) is 6.77. The Morgan fingerprint density at radius 3 is 1.08 bits per heavy atom. The first-order valence-corrected chi connectivity index (χ1v) is 14.0. The molecule has 0 bridgehead atoms. The van der Waals surface area contributed by atoms with Crippen LogP contribution in [-0.4, -0.2) is 46.9 Å². The average Bonchev–Trinajstić information content (AvgIpc) is 2.68. The van der Waals surface area contributed by atoms with E-state index in [1.165, 1.54) is 0 Å². The van der Waals surface area contributed by atoms with Crippen LogP contribution in [0.2, 0.25) is 0 Å². The van der Waals surface area contributed by atoms with E-state index in [2.05, 4.69) is 41.5 Å². The molecule has 0 aromatic rings. The number of aliphatic hydroxyl groups is 1. The monoisotopic (exact) mass is 528 g/mol. The lowest BCUT2D eigenvalue weighted by Crippen LogP contribution is -2.47. The number of esters is 3. The largest absolute Gasteiger partial charge is 0.462 e. The standard InChI is InChI=1S/C30H56O7/c1-13-21(16-27(4,5)6)35-24(31)19-30(34,26(33)37-23(15-3)18-29(10,11)12)20-25(32)36-22(14-2)17-28(7,8)9/h21-23,34H,13-20H2,1-12H3. The van der Waals surface area contributed by atoms with Crippen molar-refractivity contribution in [1.82, 2.24) is 0 Å². The van der Waals surface area contributed by atoms with Crippen molar-refractivity contribution in [1.29, 1.82) is 0 Å². The molecule has 0 amide bonds. The van der Waals surface area contributed by atoms with Gasteiger partial charge in [-0.15, -0.1) is 0 Å². The third-order valence-electron chi connectivity index (χ3n) is 6.01. The molecule has 0 spiro atoms. The van der Waals surface area contributed by atoms with Crippen LogP contribution in [0.5, 0.6) is 0 Å². The molecule has 0 aromatic carbocycles. The fourth-order valence-corrected chi connectivity index (χ4v) is 4.26. The van der Waals surface area contributed by atoms with Gasteiger partial charge in [-0.05, 0) is 54.8 Å². The zero-order chi connectivity index (χ0) is 29.2. The van der Waals surface area contributed by atoms with Crippen molar-refractivity contribution in [2.45, 2.75) is 158 Å². The van der Waals surface area contributed by atoms with Crippen LogP contribution >= 0.6 is 0 Å². The molecule has 0 fully saturated rings. The zero-order valence-corrected chi connectivity index (χ0v) is 25.8. The van der Waals surface area contributed by atoms with Gasteiger partial charge in [-0.1, -0.05) is 83.1 Å². The molecule has 0 aliphatic heterocycles. The van der Waals surface area contributed by atoms with E-state index in [0.717, 1.165) is 0 Å². The molecule has 7 heteroatoms. The number of hydrogen-bond donors (Lipinski definition) is 1. The molecule has 0 aliphatic rings. The summed E-state index contributed by atoms with van der Waals surface area (Å²) < 4.78 is 16.9. The van der Waals surface area contributed by atoms with Crippen LogP contribution < -0.4 is 0 Å². The Kier molecular flexibility index (Phi) is 13.9. The fraction of sp³-hybridized carbons (Fsp3) is 0.900. The highest BCUT2D eigenvalue weighted by atomic mass is 16.6. The molecule has 0 heterocycles. The molecule has 3 atom stereocenters. The molecular formula is C30H56O7. The highest BCUT2D eigenvalue weighted by molar-refractivity contribution is 5.90. The Morgan fingerprint density at radius 2 is 0.838 bits per heavy atom. The van der Waals surface area contributed by atoms with Crippen LogP contribution in [0.25, 0.3) is 0 Å². The lowest BCUT2D eigenvalue weighted by molar-refractivity contribution is -0.185. The highest BCUT2D eigenvalue weighted by Gasteiger charge is 2.45. The van der Waals surface area contributed by atoms with Gasteiger partial charge in [0, 0.05) is 0 Å². The average molecular weight is 529 g/mol. The maximum Gasteiger partial charge on any atom is 0.339 e. The predicted molar refractivity (Wildman–Crippen MR) is 147 cm³/mol. The summed E-state index contributed by atoms with van der Waals surface area (Å²) in [5.41, 5.74) is -2.62. The number of carbonyl (C=O) groups is 3. The molecule has 37 heavy (non-hydrogen) atoms. The molecule has 0 saturated heterocycles. The smallest absolute Gasteiger partial charge is 0.339 e. The van der Waals surface area contributed by atoms with Crippen LogP contribution in [0.1, 0.15) is 134 Å². The lowest BCUT2D eigenvalue weighted by atomic mass is 9.88. The van der Waals surface area contributed by atoms with Crippen molar-refractivity contribution in [2.75, 3.05) is 0 Å². The van der Waals surface area contributed by atoms with Crippen LogP contribution in [0.3, 0.4) is 0 Å². The maximum absolute atomic E-state index is 13.3. The number of carbonyl (C=O) groups excluding carboxylic acids is 3. The molecule has 0 saturated carbocycles. The minimum Gasteiger partial charge on any atom is -0.462 e. The van der Waals surface area contributed by atoms with E-state index >= 15 is 0 Å². The van der Waals surface area contributed by atoms with Crippen LogP contribution in [0.15, 0.2) is 0 Å². The lowest BCUT2D eigenvalue weighted by Gasteiger charge is -2.31. The van der Waals surface area contributed by atoms with E-state index in [0.29, 0.717) is 38.5 Å². The summed E-state index contributed by atoms with van der Waals surface area (Å²) in [6.07, 6.45) is 1.05. The SMILES string of the molecule is CCC(CC(C)(C)C)OC(=O)CC(O)(CC(=O)OC(CC)CC(C)(C)C)C(=O)OC(CC)CC(C)(C)C. The van der Waals surface area contributed by atoms with Crippen molar-refractivity contribution in [3.63, 3.8) is 0 Å². The van der Waals surface area contributed by atoms with Gasteiger partial charge in [0.2, 0.25) is 0 Å². The summed E-state index contributed by atoms with van der Waals surface area (Å²) in [4.78, 5) is 39.1. The first kappa shape index (κ1) is 35.4. The fourth-order valence-electron chi connectivity index (χ4n) is 4.26. The summed E-state index contributed by atoms with van der Waals surface area (Å²) in [6, 6.07) is 0. The van der Waals surface area contributed by atoms with E-state index in [4.69, 9.17) is 14.2 Å². The van der Waals surface area contributed by atoms with Gasteiger partial charge in [0.1, 0.15) is 18.3 Å². The van der Waals surface area contributed by atoms with E-state index in [1.807, 2.05) is 41.5 Å². The van der Waals surface area contributed by atoms with Crippen LogP contribution in [-0.2, 0) is 28.6 Å². The normalized spacial score (nSPS) is 16.8. The van der Waals surface area contributed by atoms with E-state index in [-0.39, 0.29) is 28.5 Å². The van der Waals surface area contributed by atoms with Gasteiger partial charge in [0.15, 0.2) is 5.60 Å². The van der Waals surface area contributed by atoms with Gasteiger partial charge in [-0.25, -0.2) is 4.79 Å². The van der Waals surface area contributed by atoms with Crippen molar-refractivity contribution >= 4 is 17.9 Å². The third kappa shape index (κ3) is 16.0. The van der Waals surface area contributed by atoms with E-state index in [9.17, 15) is 19.5 Å². The Bertz CT molecular complexity index is 682. The van der Waals surface area contributed by atoms with E-state index < -0.39 is 42.5 Å². The van der Waals surface area contributed by atoms with Gasteiger partial charge in [0.25, 0.3) is 0 Å². The molecule has 7 nitrogen and oxygen atoms in total. The van der Waals surface area contributed by atoms with Gasteiger partial charge in [0.05, 0.1) is 12.8 Å².